The summed E-state index contributed by atoms with van der Waals surface area (Å²) in [6.45, 7) is 5.06. The topological polar surface area (TPSA) is 269 Å². The van der Waals surface area contributed by atoms with E-state index in [0.29, 0.717) is 17.4 Å². The number of amides is 1. The molecular weight excluding hydrogens is 726 g/mol. The smallest absolute Gasteiger partial charge is 0.303 e. The summed E-state index contributed by atoms with van der Waals surface area (Å²) in [6, 6.07) is 5.99. The highest BCUT2D eigenvalue weighted by molar-refractivity contribution is 5.84. The minimum absolute atomic E-state index is 0.205. The molecule has 9 atom stereocenters. The van der Waals surface area contributed by atoms with E-state index in [1.165, 1.54) is 24.3 Å². The van der Waals surface area contributed by atoms with Crippen molar-refractivity contribution >= 4 is 54.0 Å². The molecule has 54 heavy (non-hydrogen) atoms. The van der Waals surface area contributed by atoms with Crippen molar-refractivity contribution in [1.29, 1.82) is 0 Å². The third-order valence-electron chi connectivity index (χ3n) is 7.13. The molecule has 0 aromatic heterocycles. The first kappa shape index (κ1) is 44.7. The van der Waals surface area contributed by atoms with Crippen molar-refractivity contribution in [3.8, 4) is 0 Å². The van der Waals surface area contributed by atoms with E-state index in [1.54, 1.807) is 0 Å². The second-order valence-electron chi connectivity index (χ2n) is 11.7. The molecular formula is C34H43NO19. The monoisotopic (exact) mass is 769 g/mol. The Bertz CT molecular complexity index is 1530. The van der Waals surface area contributed by atoms with Crippen molar-refractivity contribution < 1.29 is 90.9 Å². The fourth-order valence-corrected chi connectivity index (χ4v) is 5.08. The summed E-state index contributed by atoms with van der Waals surface area (Å²) in [5.74, 6) is -7.87. The Morgan fingerprint density at radius 3 is 1.74 bits per heavy atom. The van der Waals surface area contributed by atoms with Crippen LogP contribution in [0.4, 0.5) is 0 Å². The molecule has 0 unspecified atom stereocenters. The number of esters is 7. The van der Waals surface area contributed by atoms with Crippen molar-refractivity contribution in [3.63, 3.8) is 0 Å². The summed E-state index contributed by atoms with van der Waals surface area (Å²) < 4.78 is 48.8. The summed E-state index contributed by atoms with van der Waals surface area (Å²) in [5, 5.41) is 13.9. The van der Waals surface area contributed by atoms with Gasteiger partial charge in [-0.15, -0.1) is 0 Å². The van der Waals surface area contributed by atoms with Crippen LogP contribution < -0.4 is 5.32 Å². The molecule has 1 amide bonds. The summed E-state index contributed by atoms with van der Waals surface area (Å²) in [4.78, 5) is 110. The van der Waals surface area contributed by atoms with Crippen LogP contribution in [0.15, 0.2) is 24.3 Å². The Labute approximate surface area is 308 Å². The van der Waals surface area contributed by atoms with Crippen molar-refractivity contribution in [1.82, 2.24) is 5.32 Å². The van der Waals surface area contributed by atoms with Gasteiger partial charge < -0.3 is 53.1 Å². The molecule has 1 aromatic rings. The van der Waals surface area contributed by atoms with Crippen molar-refractivity contribution in [3.05, 3.63) is 35.4 Å². The number of rotatable bonds is 18. The predicted molar refractivity (Wildman–Crippen MR) is 174 cm³/mol. The number of aldehydes is 1. The van der Waals surface area contributed by atoms with Crippen LogP contribution in [0.25, 0.3) is 0 Å². The van der Waals surface area contributed by atoms with Gasteiger partial charge in [0.25, 0.3) is 5.91 Å². The predicted octanol–water partition coefficient (Wildman–Crippen LogP) is -0.629. The highest BCUT2D eigenvalue weighted by atomic mass is 16.7. The van der Waals surface area contributed by atoms with Gasteiger partial charge in [0.05, 0.1) is 0 Å². The van der Waals surface area contributed by atoms with E-state index >= 15 is 0 Å². The zero-order valence-corrected chi connectivity index (χ0v) is 30.5. The van der Waals surface area contributed by atoms with Crippen LogP contribution in [0.3, 0.4) is 0 Å². The SMILES string of the molecule is CC(=O)OC[C@@H](O)[C@@H](O[C@@H]1O[C@H](COC(C)=O)[C@H](OC(C)=O)[C@H](OC(C)=O)[C@H]1OC(C)=O)[C@H](OC(C)=O)[C@@H](OC(C)=O)C(=O)NCc1ccc(C=O)cc1. The fourth-order valence-electron chi connectivity index (χ4n) is 5.08. The lowest BCUT2D eigenvalue weighted by Crippen LogP contribution is -2.65. The summed E-state index contributed by atoms with van der Waals surface area (Å²) in [5.41, 5.74) is 0.835. The third-order valence-corrected chi connectivity index (χ3v) is 7.13. The van der Waals surface area contributed by atoms with Gasteiger partial charge in [0.2, 0.25) is 6.10 Å². The van der Waals surface area contributed by atoms with E-state index in [2.05, 4.69) is 5.32 Å². The van der Waals surface area contributed by atoms with Crippen LogP contribution in [0.2, 0.25) is 0 Å². The fraction of sp³-hybridized carbons (Fsp3) is 0.559. The van der Waals surface area contributed by atoms with Crippen LogP contribution in [-0.2, 0) is 87.5 Å². The molecule has 298 valence electrons. The molecule has 0 bridgehead atoms. The average Bonchev–Trinajstić information content (AvgIpc) is 3.07. The number of carbonyl (C=O) groups is 9. The molecule has 2 N–H and O–H groups in total. The van der Waals surface area contributed by atoms with Crippen LogP contribution in [-0.4, -0.2) is 127 Å². The van der Waals surface area contributed by atoms with Gasteiger partial charge in [0, 0.05) is 60.6 Å². The maximum absolute atomic E-state index is 13.7. The van der Waals surface area contributed by atoms with E-state index in [-0.39, 0.29) is 6.54 Å². The van der Waals surface area contributed by atoms with Crippen LogP contribution in [0, 0.1) is 0 Å². The number of hydrogen-bond donors (Lipinski definition) is 2. The number of aliphatic hydroxyl groups is 1. The molecule has 0 aliphatic carbocycles. The standard InChI is InChI=1S/C34H43NO19/c1-16(37)46-14-25(44)27(29(49-19(4)40)31(51-21(6)42)33(45)35-12-23-8-10-24(13-36)11-9-23)54-34-32(52-22(7)43)30(50-20(5)41)28(48-18(3)39)26(53-34)15-47-17(2)38/h8-11,13,25-32,34,44H,12,14-15H2,1-7H3,(H,35,45)/t25-,26-,27-,28+,29+,30+,31-,32-,34+/m1/s1. The second kappa shape index (κ2) is 21.3. The number of ether oxygens (including phenoxy) is 9. The number of nitrogens with one attached hydrogen (secondary N) is 1. The Balaban J connectivity index is 2.74. The second-order valence-corrected chi connectivity index (χ2v) is 11.7. The van der Waals surface area contributed by atoms with Gasteiger partial charge in [-0.05, 0) is 5.56 Å². The highest BCUT2D eigenvalue weighted by Gasteiger charge is 2.55. The van der Waals surface area contributed by atoms with Gasteiger partial charge >= 0.3 is 41.8 Å². The maximum atomic E-state index is 13.7. The number of benzene rings is 1. The van der Waals surface area contributed by atoms with Gasteiger partial charge in [0.15, 0.2) is 30.7 Å². The van der Waals surface area contributed by atoms with Crippen LogP contribution >= 0.6 is 0 Å². The van der Waals surface area contributed by atoms with E-state index in [9.17, 15) is 48.3 Å². The lowest BCUT2D eigenvalue weighted by molar-refractivity contribution is -0.330. The zero-order valence-electron chi connectivity index (χ0n) is 30.5. The molecule has 1 heterocycles. The Morgan fingerprint density at radius 2 is 1.24 bits per heavy atom. The summed E-state index contributed by atoms with van der Waals surface area (Å²) >= 11 is 0. The van der Waals surface area contributed by atoms with Gasteiger partial charge in [-0.1, -0.05) is 24.3 Å². The molecule has 1 saturated heterocycles. The highest BCUT2D eigenvalue weighted by Crippen LogP contribution is 2.32. The van der Waals surface area contributed by atoms with E-state index in [4.69, 9.17) is 42.6 Å². The van der Waals surface area contributed by atoms with Gasteiger partial charge in [-0.2, -0.15) is 0 Å². The molecule has 1 fully saturated rings. The van der Waals surface area contributed by atoms with Crippen molar-refractivity contribution in [2.24, 2.45) is 0 Å². The minimum Gasteiger partial charge on any atom is -0.463 e. The molecule has 20 heteroatoms. The van der Waals surface area contributed by atoms with E-state index in [1.807, 2.05) is 0 Å². The quantitative estimate of drug-likeness (QED) is 0.107. The Hall–Kier alpha value is -5.47. The maximum Gasteiger partial charge on any atom is 0.303 e. The summed E-state index contributed by atoms with van der Waals surface area (Å²) in [7, 11) is 0. The first-order chi connectivity index (χ1) is 25.3. The summed E-state index contributed by atoms with van der Waals surface area (Å²) in [6.07, 6.45) is -16.5. The van der Waals surface area contributed by atoms with Gasteiger partial charge in [0.1, 0.15) is 37.8 Å². The largest absolute Gasteiger partial charge is 0.463 e. The molecule has 20 nitrogen and oxygen atoms in total. The Kier molecular flexibility index (Phi) is 17.6. The normalized spacial score (nSPS) is 21.4. The van der Waals surface area contributed by atoms with E-state index in [0.717, 1.165) is 48.5 Å². The Morgan fingerprint density at radius 1 is 0.704 bits per heavy atom. The minimum atomic E-state index is -2.11. The number of carbonyl (C=O) groups excluding carboxylic acids is 9. The van der Waals surface area contributed by atoms with Gasteiger partial charge in [-0.3, -0.25) is 43.2 Å². The first-order valence-corrected chi connectivity index (χ1v) is 16.3. The molecule has 0 spiro atoms. The zero-order chi connectivity index (χ0) is 40.7. The van der Waals surface area contributed by atoms with Crippen molar-refractivity contribution in [2.75, 3.05) is 13.2 Å². The van der Waals surface area contributed by atoms with Crippen LogP contribution in [0.1, 0.15) is 64.4 Å². The lowest BCUT2D eigenvalue weighted by atomic mass is 9.97. The molecule has 2 rings (SSSR count). The molecule has 0 radical (unpaired) electrons. The molecule has 1 aliphatic rings. The number of hydrogen-bond acceptors (Lipinski definition) is 19. The lowest BCUT2D eigenvalue weighted by Gasteiger charge is -2.45. The molecule has 0 saturated carbocycles. The number of aliphatic hydroxyl groups excluding tert-OH is 1. The average molecular weight is 770 g/mol. The third kappa shape index (κ3) is 14.5. The first-order valence-electron chi connectivity index (χ1n) is 16.3. The van der Waals surface area contributed by atoms with Gasteiger partial charge in [-0.25, -0.2) is 0 Å². The van der Waals surface area contributed by atoms with Crippen LogP contribution in [0.5, 0.6) is 0 Å². The molecule has 1 aliphatic heterocycles. The van der Waals surface area contributed by atoms with Crippen molar-refractivity contribution in [2.45, 2.75) is 110 Å². The molecule has 1 aromatic carbocycles. The van der Waals surface area contributed by atoms with E-state index < -0.39 is 116 Å².